The summed E-state index contributed by atoms with van der Waals surface area (Å²) in [5.41, 5.74) is 2.53. The molecule has 1 aromatic heterocycles. The van der Waals surface area contributed by atoms with E-state index in [0.717, 1.165) is 51.2 Å². The van der Waals surface area contributed by atoms with Crippen molar-refractivity contribution in [3.63, 3.8) is 0 Å². The molecule has 0 unspecified atom stereocenters. The molecule has 0 bridgehead atoms. The second-order valence-corrected chi connectivity index (χ2v) is 6.80. The predicted octanol–water partition coefficient (Wildman–Crippen LogP) is 1.99. The summed E-state index contributed by atoms with van der Waals surface area (Å²) in [5, 5.41) is 8.14. The molecule has 0 atom stereocenters. The number of guanidine groups is 1. The summed E-state index contributed by atoms with van der Waals surface area (Å²) in [6, 6.07) is 9.18. The van der Waals surface area contributed by atoms with Crippen LogP contribution in [-0.2, 0) is 11.2 Å². The molecule has 1 aliphatic rings. The van der Waals surface area contributed by atoms with Gasteiger partial charge in [-0.25, -0.2) is 0 Å². The Balaban J connectivity index is 1.39. The van der Waals surface area contributed by atoms with Crippen LogP contribution in [0.3, 0.4) is 0 Å². The summed E-state index contributed by atoms with van der Waals surface area (Å²) in [6.07, 6.45) is 5.71. The Morgan fingerprint density at radius 1 is 1.23 bits per heavy atom. The van der Waals surface area contributed by atoms with Gasteiger partial charge in [-0.1, -0.05) is 18.2 Å². The van der Waals surface area contributed by atoms with Crippen LogP contribution in [0.4, 0.5) is 0 Å². The number of aromatic nitrogens is 1. The molecule has 2 aromatic rings. The van der Waals surface area contributed by atoms with Gasteiger partial charge in [-0.05, 0) is 30.9 Å². The maximum absolute atomic E-state index is 5.22. The highest BCUT2D eigenvalue weighted by atomic mass is 16.5. The molecule has 1 heterocycles. The van der Waals surface area contributed by atoms with Gasteiger partial charge in [0.25, 0.3) is 0 Å². The second kappa shape index (κ2) is 9.59. The van der Waals surface area contributed by atoms with Gasteiger partial charge in [0.1, 0.15) is 0 Å². The van der Waals surface area contributed by atoms with Crippen molar-refractivity contribution < 1.29 is 4.74 Å². The van der Waals surface area contributed by atoms with Crippen LogP contribution in [0.25, 0.3) is 10.9 Å². The van der Waals surface area contributed by atoms with Gasteiger partial charge in [0.15, 0.2) is 5.96 Å². The minimum absolute atomic E-state index is 0.754. The van der Waals surface area contributed by atoms with Crippen LogP contribution in [0.5, 0.6) is 0 Å². The smallest absolute Gasteiger partial charge is 0.191 e. The highest BCUT2D eigenvalue weighted by Gasteiger charge is 2.28. The minimum atomic E-state index is 0.754. The van der Waals surface area contributed by atoms with E-state index in [0.29, 0.717) is 0 Å². The molecule has 6 nitrogen and oxygen atoms in total. The third-order valence-electron chi connectivity index (χ3n) is 4.92. The number of rotatable bonds is 10. The molecule has 1 fully saturated rings. The predicted molar refractivity (Wildman–Crippen MR) is 108 cm³/mol. The second-order valence-electron chi connectivity index (χ2n) is 6.80. The van der Waals surface area contributed by atoms with E-state index < -0.39 is 0 Å². The fraction of sp³-hybridized carbons (Fsp3) is 0.550. The highest BCUT2D eigenvalue weighted by molar-refractivity contribution is 5.83. The third kappa shape index (κ3) is 5.22. The van der Waals surface area contributed by atoms with E-state index in [2.05, 4.69) is 56.0 Å². The molecule has 3 rings (SSSR count). The average Bonchev–Trinajstić information content (AvgIpc) is 3.44. The van der Waals surface area contributed by atoms with Gasteiger partial charge in [0.05, 0.1) is 6.61 Å². The third-order valence-corrected chi connectivity index (χ3v) is 4.92. The van der Waals surface area contributed by atoms with E-state index in [1.807, 2.05) is 7.05 Å². The first-order valence-electron chi connectivity index (χ1n) is 9.54. The van der Waals surface area contributed by atoms with Gasteiger partial charge in [-0.2, -0.15) is 0 Å². The number of ether oxygens (including phenoxy) is 1. The van der Waals surface area contributed by atoms with Crippen LogP contribution in [0, 0.1) is 0 Å². The molecule has 26 heavy (non-hydrogen) atoms. The number of hydrogen-bond acceptors (Lipinski definition) is 3. The number of nitrogens with zero attached hydrogens (tertiary/aromatic N) is 2. The quantitative estimate of drug-likeness (QED) is 0.449. The Kier molecular flexibility index (Phi) is 6.91. The van der Waals surface area contributed by atoms with Gasteiger partial charge in [-0.15, -0.1) is 0 Å². The fourth-order valence-electron chi connectivity index (χ4n) is 3.32. The standard InChI is InChI=1S/C20H31N5O/c1-21-20(23-11-12-25(13-14-26-2)17-7-8-17)22-10-9-16-15-24-19-6-4-3-5-18(16)19/h3-6,15,17,24H,7-14H2,1-2H3,(H2,21,22,23). The largest absolute Gasteiger partial charge is 0.383 e. The Morgan fingerprint density at radius 3 is 2.81 bits per heavy atom. The van der Waals surface area contributed by atoms with Crippen molar-refractivity contribution in [3.05, 3.63) is 36.0 Å². The zero-order valence-electron chi connectivity index (χ0n) is 15.9. The topological polar surface area (TPSA) is 64.7 Å². The molecule has 0 amide bonds. The summed E-state index contributed by atoms with van der Waals surface area (Å²) in [4.78, 5) is 10.2. The van der Waals surface area contributed by atoms with Crippen molar-refractivity contribution in [2.75, 3.05) is 46.9 Å². The van der Waals surface area contributed by atoms with Crippen LogP contribution >= 0.6 is 0 Å². The number of aliphatic imine (C=N–C) groups is 1. The highest BCUT2D eigenvalue weighted by Crippen LogP contribution is 2.25. The molecule has 1 aromatic carbocycles. The van der Waals surface area contributed by atoms with Crippen molar-refractivity contribution in [2.45, 2.75) is 25.3 Å². The SMILES string of the molecule is CN=C(NCCc1c[nH]c2ccccc12)NCCN(CCOC)C1CC1. The van der Waals surface area contributed by atoms with Gasteiger partial charge in [-0.3, -0.25) is 9.89 Å². The van der Waals surface area contributed by atoms with Gasteiger partial charge >= 0.3 is 0 Å². The summed E-state index contributed by atoms with van der Waals surface area (Å²) in [5.74, 6) is 0.868. The summed E-state index contributed by atoms with van der Waals surface area (Å²) in [7, 11) is 3.59. The Hall–Kier alpha value is -2.05. The summed E-state index contributed by atoms with van der Waals surface area (Å²) in [6.45, 7) is 4.59. The number of H-pyrrole nitrogens is 1. The van der Waals surface area contributed by atoms with Crippen molar-refractivity contribution >= 4 is 16.9 Å². The Morgan fingerprint density at radius 2 is 2.04 bits per heavy atom. The summed E-state index contributed by atoms with van der Waals surface area (Å²) >= 11 is 0. The zero-order valence-corrected chi connectivity index (χ0v) is 15.9. The number of hydrogen-bond donors (Lipinski definition) is 3. The molecule has 0 aliphatic heterocycles. The van der Waals surface area contributed by atoms with Gasteiger partial charge < -0.3 is 20.4 Å². The number of benzene rings is 1. The van der Waals surface area contributed by atoms with Crippen molar-refractivity contribution in [1.29, 1.82) is 0 Å². The molecule has 0 radical (unpaired) electrons. The number of aromatic amines is 1. The maximum Gasteiger partial charge on any atom is 0.191 e. The van der Waals surface area contributed by atoms with E-state index in [4.69, 9.17) is 4.74 Å². The molecular weight excluding hydrogens is 326 g/mol. The number of methoxy groups -OCH3 is 1. The molecule has 3 N–H and O–H groups in total. The lowest BCUT2D eigenvalue weighted by atomic mass is 10.1. The van der Waals surface area contributed by atoms with Gasteiger partial charge in [0.2, 0.25) is 0 Å². The fourth-order valence-corrected chi connectivity index (χ4v) is 3.32. The van der Waals surface area contributed by atoms with Crippen LogP contribution in [0.2, 0.25) is 0 Å². The van der Waals surface area contributed by atoms with E-state index in [9.17, 15) is 0 Å². The van der Waals surface area contributed by atoms with Crippen LogP contribution in [0.1, 0.15) is 18.4 Å². The molecule has 1 saturated carbocycles. The van der Waals surface area contributed by atoms with Crippen LogP contribution in [0.15, 0.2) is 35.5 Å². The number of para-hydroxylation sites is 1. The Bertz CT molecular complexity index is 707. The van der Waals surface area contributed by atoms with Crippen LogP contribution in [-0.4, -0.2) is 68.8 Å². The first kappa shape index (κ1) is 18.7. The lowest BCUT2D eigenvalue weighted by Gasteiger charge is -2.22. The van der Waals surface area contributed by atoms with E-state index in [1.54, 1.807) is 7.11 Å². The monoisotopic (exact) mass is 357 g/mol. The summed E-state index contributed by atoms with van der Waals surface area (Å²) < 4.78 is 5.22. The maximum atomic E-state index is 5.22. The van der Waals surface area contributed by atoms with E-state index in [1.165, 1.54) is 29.3 Å². The normalized spacial score (nSPS) is 15.0. The molecule has 0 saturated heterocycles. The first-order chi connectivity index (χ1) is 12.8. The first-order valence-corrected chi connectivity index (χ1v) is 9.54. The van der Waals surface area contributed by atoms with Gasteiger partial charge in [0, 0.05) is 63.5 Å². The van der Waals surface area contributed by atoms with Crippen molar-refractivity contribution in [1.82, 2.24) is 20.5 Å². The zero-order chi connectivity index (χ0) is 18.2. The molecular formula is C20H31N5O. The van der Waals surface area contributed by atoms with Crippen molar-refractivity contribution in [2.24, 2.45) is 4.99 Å². The van der Waals surface area contributed by atoms with E-state index >= 15 is 0 Å². The average molecular weight is 358 g/mol. The van der Waals surface area contributed by atoms with E-state index in [-0.39, 0.29) is 0 Å². The molecule has 0 spiro atoms. The lowest BCUT2D eigenvalue weighted by molar-refractivity contribution is 0.144. The number of nitrogens with one attached hydrogen (secondary N) is 3. The minimum Gasteiger partial charge on any atom is -0.383 e. The number of fused-ring (bicyclic) bond motifs is 1. The molecule has 142 valence electrons. The van der Waals surface area contributed by atoms with Crippen LogP contribution < -0.4 is 10.6 Å². The Labute approximate surface area is 156 Å². The molecule has 6 heteroatoms. The lowest BCUT2D eigenvalue weighted by Crippen LogP contribution is -2.43. The molecule has 1 aliphatic carbocycles. The van der Waals surface area contributed by atoms with Crippen molar-refractivity contribution in [3.8, 4) is 0 Å².